The zero-order valence-corrected chi connectivity index (χ0v) is 44.0. The summed E-state index contributed by atoms with van der Waals surface area (Å²) in [5, 5.41) is 0. The van der Waals surface area contributed by atoms with Crippen LogP contribution < -0.4 is 15.3 Å². The number of allylic oxidation sites excluding steroid dienone is 15. The third kappa shape index (κ3) is 6.56. The molecule has 0 spiro atoms. The van der Waals surface area contributed by atoms with Crippen molar-refractivity contribution in [1.29, 1.82) is 0 Å². The van der Waals surface area contributed by atoms with Gasteiger partial charge in [-0.05, 0) is 162 Å². The molecule has 2 aromatic carbocycles. The minimum Gasteiger partial charge on any atom is -0.358 e. The van der Waals surface area contributed by atoms with Gasteiger partial charge >= 0.3 is 0 Å². The second kappa shape index (κ2) is 16.1. The molecule has 0 aromatic heterocycles. The van der Waals surface area contributed by atoms with E-state index in [1.807, 2.05) is 0 Å². The van der Waals surface area contributed by atoms with Crippen molar-refractivity contribution in [2.24, 2.45) is 45.8 Å². The summed E-state index contributed by atoms with van der Waals surface area (Å²) in [4.78, 5) is 6.02. The number of hydrogen-bond acceptors (Lipinski definition) is 2. The standard InChI is InChI=1S/C67H79BN2/c1-42-34-59-61-60(35-42)70-58-33-31-48(65(4,5)44-24-16-11-17-25-44)37-52(58)54-39-50(67(8,9)46-28-20-13-21-29-46)41-56(63(54)70)68(61)55-40-49(66(6,7)45-26-18-12-19-27-45)38-53-51-36-47(30-32-57(51)69(59)62(53)55)64(2,3)43-22-14-10-15-23-43/h10,12-14,18-21,24,26-28,31,33-41,43,46-47,52-53,56-58,62-63H,11,15-17,22-23,25,29-30,32H2,1-9H3. The van der Waals surface area contributed by atoms with E-state index in [0.717, 1.165) is 12.3 Å². The van der Waals surface area contributed by atoms with Crippen molar-refractivity contribution >= 4 is 23.6 Å². The largest absolute Gasteiger partial charge is 0.358 e. The molecule has 4 aliphatic heterocycles. The predicted octanol–water partition coefficient (Wildman–Crippen LogP) is 15.6. The van der Waals surface area contributed by atoms with Crippen LogP contribution in [0.1, 0.15) is 131 Å². The smallest absolute Gasteiger partial charge is 0.221 e. The number of hydrogen-bond donors (Lipinski definition) is 0. The number of fused-ring (bicyclic) bond motifs is 10. The molecule has 10 atom stereocenters. The molecule has 2 nitrogen and oxygen atoms in total. The van der Waals surface area contributed by atoms with Crippen LogP contribution >= 0.6 is 0 Å². The van der Waals surface area contributed by atoms with Gasteiger partial charge in [-0.2, -0.15) is 0 Å². The summed E-state index contributed by atoms with van der Waals surface area (Å²) < 4.78 is 0. The summed E-state index contributed by atoms with van der Waals surface area (Å²) >= 11 is 0. The Labute approximate surface area is 422 Å². The number of aryl methyl sites for hydroxylation is 1. The molecule has 0 N–H and O–H groups in total. The van der Waals surface area contributed by atoms with Crippen LogP contribution in [-0.2, 0) is 5.41 Å². The molecule has 0 bridgehead atoms. The maximum Gasteiger partial charge on any atom is 0.221 e. The van der Waals surface area contributed by atoms with Gasteiger partial charge in [0.15, 0.2) is 0 Å². The van der Waals surface area contributed by atoms with E-state index in [9.17, 15) is 0 Å². The zero-order chi connectivity index (χ0) is 48.1. The Morgan fingerprint density at radius 3 is 2.19 bits per heavy atom. The van der Waals surface area contributed by atoms with Crippen molar-refractivity contribution in [1.82, 2.24) is 0 Å². The normalized spacial score (nSPS) is 32.6. The SMILES string of the molecule is Cc1cc2c3c(c1)N1C4C=CC(C(C)(C)C5=CCCCC5)=CC4C4=CC(C(C)(C)C5C=CC=CC5)=CC(B3C3=CC(C(C)(C)c5ccccc5)=CC5C6=CC(C(C)(C)C7CC=CCC7)CCC6N2C35)C41. The third-order valence-corrected chi connectivity index (χ3v) is 21.4. The molecule has 13 rings (SSSR count). The van der Waals surface area contributed by atoms with Crippen LogP contribution in [0.25, 0.3) is 0 Å². The third-order valence-electron chi connectivity index (χ3n) is 21.4. The van der Waals surface area contributed by atoms with Crippen molar-refractivity contribution in [3.05, 3.63) is 184 Å². The molecule has 2 aromatic rings. The highest BCUT2D eigenvalue weighted by Gasteiger charge is 2.63. The fraction of sp³-hybridized carbons (Fsp3) is 0.493. The number of rotatable bonds is 8. The topological polar surface area (TPSA) is 6.48 Å². The van der Waals surface area contributed by atoms with Crippen molar-refractivity contribution in [3.8, 4) is 0 Å². The Hall–Kier alpha value is -4.76. The minimum absolute atomic E-state index is 0.0185. The van der Waals surface area contributed by atoms with Gasteiger partial charge in [0, 0.05) is 34.0 Å². The highest BCUT2D eigenvalue weighted by atomic mass is 15.3. The Kier molecular flexibility index (Phi) is 10.4. The van der Waals surface area contributed by atoms with E-state index in [0.29, 0.717) is 60.4 Å². The molecule has 2 saturated heterocycles. The van der Waals surface area contributed by atoms with Gasteiger partial charge in [-0.25, -0.2) is 0 Å². The molecule has 0 radical (unpaired) electrons. The van der Waals surface area contributed by atoms with Crippen molar-refractivity contribution in [2.45, 2.75) is 162 Å². The molecule has 7 aliphatic carbocycles. The van der Waals surface area contributed by atoms with Crippen LogP contribution in [-0.4, -0.2) is 30.9 Å². The van der Waals surface area contributed by atoms with Crippen LogP contribution in [0.4, 0.5) is 11.4 Å². The first-order chi connectivity index (χ1) is 33.7. The fourth-order valence-corrected chi connectivity index (χ4v) is 16.8. The van der Waals surface area contributed by atoms with Crippen molar-refractivity contribution in [2.75, 3.05) is 9.80 Å². The molecule has 11 aliphatic rings. The van der Waals surface area contributed by atoms with Crippen molar-refractivity contribution in [3.63, 3.8) is 0 Å². The minimum atomic E-state index is -0.141. The van der Waals surface area contributed by atoms with Gasteiger partial charge in [0.05, 0.1) is 24.2 Å². The molecule has 70 heavy (non-hydrogen) atoms. The molecule has 3 heteroatoms. The number of anilines is 2. The van der Waals surface area contributed by atoms with Gasteiger partial charge in [-0.1, -0.05) is 188 Å². The summed E-state index contributed by atoms with van der Waals surface area (Å²) in [6.07, 6.45) is 51.6. The molecule has 0 amide bonds. The van der Waals surface area contributed by atoms with E-state index in [2.05, 4.69) is 206 Å². The lowest BCUT2D eigenvalue weighted by Crippen LogP contribution is -2.63. The monoisotopic (exact) mass is 923 g/mol. The summed E-state index contributed by atoms with van der Waals surface area (Å²) in [5.41, 5.74) is 19.0. The van der Waals surface area contributed by atoms with E-state index in [1.165, 1.54) is 85.7 Å². The lowest BCUT2D eigenvalue weighted by Gasteiger charge is -2.54. The maximum atomic E-state index is 3.04. The first kappa shape index (κ1) is 45.1. The van der Waals surface area contributed by atoms with E-state index in [4.69, 9.17) is 0 Å². The van der Waals surface area contributed by atoms with Gasteiger partial charge in [0.1, 0.15) is 0 Å². The second-order valence-corrected chi connectivity index (χ2v) is 26.2. The molecule has 360 valence electrons. The average molecular weight is 923 g/mol. The average Bonchev–Trinajstić information content (AvgIpc) is 3.90. The lowest BCUT2D eigenvalue weighted by molar-refractivity contribution is 0.121. The predicted molar refractivity (Wildman–Crippen MR) is 298 cm³/mol. The van der Waals surface area contributed by atoms with Crippen molar-refractivity contribution < 1.29 is 0 Å². The zero-order valence-electron chi connectivity index (χ0n) is 44.0. The van der Waals surface area contributed by atoms with Gasteiger partial charge in [0.25, 0.3) is 0 Å². The van der Waals surface area contributed by atoms with E-state index < -0.39 is 0 Å². The second-order valence-electron chi connectivity index (χ2n) is 26.2. The summed E-state index contributed by atoms with van der Waals surface area (Å²) in [6, 6.07) is 18.1. The number of benzene rings is 2. The summed E-state index contributed by atoms with van der Waals surface area (Å²) in [7, 11) is 0. The van der Waals surface area contributed by atoms with Crippen LogP contribution in [0.5, 0.6) is 0 Å². The molecule has 10 unspecified atom stereocenters. The fourth-order valence-electron chi connectivity index (χ4n) is 16.8. The first-order valence-corrected chi connectivity index (χ1v) is 28.1. The Morgan fingerprint density at radius 2 is 1.44 bits per heavy atom. The Bertz CT molecular complexity index is 2870. The highest BCUT2D eigenvalue weighted by molar-refractivity contribution is 6.85. The molecule has 4 heterocycles. The van der Waals surface area contributed by atoms with Gasteiger partial charge in [-0.3, -0.25) is 0 Å². The number of nitrogens with zero attached hydrogens (tertiary/aromatic N) is 2. The van der Waals surface area contributed by atoms with Gasteiger partial charge in [0.2, 0.25) is 6.71 Å². The molecule has 0 saturated carbocycles. The maximum absolute atomic E-state index is 3.04. The Balaban J connectivity index is 1.02. The van der Waals surface area contributed by atoms with Crippen LogP contribution in [0.3, 0.4) is 0 Å². The summed E-state index contributed by atoms with van der Waals surface area (Å²) in [5.74, 6) is 2.80. The van der Waals surface area contributed by atoms with Crippen LogP contribution in [0.2, 0.25) is 5.82 Å². The van der Waals surface area contributed by atoms with Crippen LogP contribution in [0.15, 0.2) is 173 Å². The lowest BCUT2D eigenvalue weighted by atomic mass is 9.26. The van der Waals surface area contributed by atoms with E-state index >= 15 is 0 Å². The molecular formula is C67H79BN2. The highest BCUT2D eigenvalue weighted by Crippen LogP contribution is 2.62. The Morgan fingerprint density at radius 1 is 0.643 bits per heavy atom. The van der Waals surface area contributed by atoms with E-state index in [1.54, 1.807) is 38.9 Å². The molecular weight excluding hydrogens is 844 g/mol. The van der Waals surface area contributed by atoms with Gasteiger partial charge < -0.3 is 9.80 Å². The quantitative estimate of drug-likeness (QED) is 0.192. The first-order valence-electron chi connectivity index (χ1n) is 28.1. The van der Waals surface area contributed by atoms with E-state index in [-0.39, 0.29) is 21.7 Å². The van der Waals surface area contributed by atoms with Crippen LogP contribution in [0, 0.1) is 52.8 Å². The van der Waals surface area contributed by atoms with Gasteiger partial charge in [-0.15, -0.1) is 0 Å². The summed E-state index contributed by atoms with van der Waals surface area (Å²) in [6.45, 7) is 23.2. The molecule has 2 fully saturated rings.